The Bertz CT molecular complexity index is 1470. The predicted octanol–water partition coefficient (Wildman–Crippen LogP) is 3.09. The van der Waals surface area contributed by atoms with Crippen LogP contribution in [0, 0.1) is 0 Å². The van der Waals surface area contributed by atoms with E-state index in [1.54, 1.807) is 24.6 Å². The van der Waals surface area contributed by atoms with Crippen LogP contribution < -0.4 is 21.3 Å². The Labute approximate surface area is 193 Å². The Kier molecular flexibility index (Phi) is 5.60. The Morgan fingerprint density at radius 3 is 2.73 bits per heavy atom. The molecular formula is C25H23N3O4S. The van der Waals surface area contributed by atoms with Crippen LogP contribution in [-0.4, -0.2) is 22.2 Å². The third kappa shape index (κ3) is 3.87. The summed E-state index contributed by atoms with van der Waals surface area (Å²) in [5.74, 6) is 0.341. The third-order valence-corrected chi connectivity index (χ3v) is 7.02. The average molecular weight is 462 g/mol. The van der Waals surface area contributed by atoms with E-state index in [-0.39, 0.29) is 30.6 Å². The van der Waals surface area contributed by atoms with Gasteiger partial charge in [0.25, 0.3) is 5.56 Å². The second-order valence-corrected chi connectivity index (χ2v) is 8.98. The number of para-hydroxylation sites is 1. The lowest BCUT2D eigenvalue weighted by atomic mass is 10.1. The normalized spacial score (nSPS) is 14.9. The fraction of sp³-hybridized carbons (Fsp3) is 0.240. The molecule has 1 N–H and O–H groups in total. The van der Waals surface area contributed by atoms with Crippen LogP contribution in [0.2, 0.25) is 0 Å². The van der Waals surface area contributed by atoms with Crippen molar-refractivity contribution in [1.82, 2.24) is 14.5 Å². The molecule has 0 spiro atoms. The van der Waals surface area contributed by atoms with Crippen molar-refractivity contribution >= 4 is 27.5 Å². The Balaban J connectivity index is 1.48. The summed E-state index contributed by atoms with van der Waals surface area (Å²) >= 11 is 1.27. The highest BCUT2D eigenvalue weighted by atomic mass is 32.1. The minimum Gasteiger partial charge on any atom is -0.496 e. The van der Waals surface area contributed by atoms with Crippen LogP contribution >= 0.6 is 11.3 Å². The zero-order chi connectivity index (χ0) is 22.9. The molecule has 2 heterocycles. The van der Waals surface area contributed by atoms with Crippen LogP contribution in [0.5, 0.6) is 5.75 Å². The molecular weight excluding hydrogens is 438 g/mol. The summed E-state index contributed by atoms with van der Waals surface area (Å²) in [4.78, 5) is 39.4. The quantitative estimate of drug-likeness (QED) is 0.478. The van der Waals surface area contributed by atoms with Gasteiger partial charge >= 0.3 is 5.69 Å². The maximum Gasteiger partial charge on any atom is 0.332 e. The SMILES string of the molecule is COc1ccccc1Cn1c(=O)c2sccc2n(CC(=O)N[C@@H]2CCc3ccccc32)c1=O. The van der Waals surface area contributed by atoms with E-state index in [0.717, 1.165) is 18.4 Å². The maximum absolute atomic E-state index is 13.4. The Morgan fingerprint density at radius 1 is 1.09 bits per heavy atom. The number of carbonyl (C=O) groups is 1. The van der Waals surface area contributed by atoms with Crippen molar-refractivity contribution in [2.24, 2.45) is 0 Å². The number of aromatic nitrogens is 2. The van der Waals surface area contributed by atoms with Gasteiger partial charge in [-0.15, -0.1) is 11.3 Å². The first kappa shape index (κ1) is 21.2. The molecule has 2 aromatic heterocycles. The van der Waals surface area contributed by atoms with Crippen LogP contribution in [0.15, 0.2) is 69.6 Å². The molecule has 0 saturated heterocycles. The molecule has 1 amide bonds. The van der Waals surface area contributed by atoms with Crippen molar-refractivity contribution in [2.75, 3.05) is 7.11 Å². The number of carbonyl (C=O) groups excluding carboxylic acids is 1. The minimum atomic E-state index is -0.515. The molecule has 7 nitrogen and oxygen atoms in total. The molecule has 5 rings (SSSR count). The highest BCUT2D eigenvalue weighted by Gasteiger charge is 2.24. The van der Waals surface area contributed by atoms with Crippen molar-refractivity contribution < 1.29 is 9.53 Å². The van der Waals surface area contributed by atoms with E-state index < -0.39 is 5.69 Å². The summed E-state index contributed by atoms with van der Waals surface area (Å²) in [6.07, 6.45) is 1.75. The van der Waals surface area contributed by atoms with E-state index in [1.165, 1.54) is 26.0 Å². The largest absolute Gasteiger partial charge is 0.496 e. The highest BCUT2D eigenvalue weighted by Crippen LogP contribution is 2.30. The number of nitrogens with one attached hydrogen (secondary N) is 1. The minimum absolute atomic E-state index is 0.0626. The monoisotopic (exact) mass is 461 g/mol. The van der Waals surface area contributed by atoms with E-state index in [4.69, 9.17) is 4.74 Å². The zero-order valence-corrected chi connectivity index (χ0v) is 18.9. The molecule has 1 atom stereocenters. The molecule has 2 aromatic carbocycles. The van der Waals surface area contributed by atoms with E-state index in [0.29, 0.717) is 21.5 Å². The molecule has 33 heavy (non-hydrogen) atoms. The molecule has 0 radical (unpaired) electrons. The number of fused-ring (bicyclic) bond motifs is 2. The van der Waals surface area contributed by atoms with Crippen LogP contribution in [0.25, 0.3) is 10.2 Å². The lowest BCUT2D eigenvalue weighted by Gasteiger charge is -2.16. The van der Waals surface area contributed by atoms with E-state index in [9.17, 15) is 14.4 Å². The van der Waals surface area contributed by atoms with Crippen LogP contribution in [0.4, 0.5) is 0 Å². The number of hydrogen-bond acceptors (Lipinski definition) is 5. The van der Waals surface area contributed by atoms with Gasteiger partial charge in [0.15, 0.2) is 0 Å². The molecule has 0 aliphatic heterocycles. The summed E-state index contributed by atoms with van der Waals surface area (Å²) < 4.78 is 8.39. The number of thiophene rings is 1. The van der Waals surface area contributed by atoms with Gasteiger partial charge in [-0.2, -0.15) is 0 Å². The third-order valence-electron chi connectivity index (χ3n) is 6.13. The molecule has 0 bridgehead atoms. The van der Waals surface area contributed by atoms with Crippen LogP contribution in [0.1, 0.15) is 29.2 Å². The highest BCUT2D eigenvalue weighted by molar-refractivity contribution is 7.17. The summed E-state index contributed by atoms with van der Waals surface area (Å²) in [5.41, 5.74) is 2.68. The predicted molar refractivity (Wildman–Crippen MR) is 128 cm³/mol. The van der Waals surface area contributed by atoms with Gasteiger partial charge in [0.1, 0.15) is 17.0 Å². The summed E-state index contributed by atoms with van der Waals surface area (Å²) in [6, 6.07) is 17.0. The first-order chi connectivity index (χ1) is 16.1. The number of aryl methyl sites for hydroxylation is 1. The van der Waals surface area contributed by atoms with Crippen molar-refractivity contribution in [1.29, 1.82) is 0 Å². The van der Waals surface area contributed by atoms with E-state index in [1.807, 2.05) is 36.4 Å². The van der Waals surface area contributed by atoms with Gasteiger partial charge in [-0.3, -0.25) is 18.7 Å². The van der Waals surface area contributed by atoms with Gasteiger partial charge < -0.3 is 10.1 Å². The van der Waals surface area contributed by atoms with Crippen molar-refractivity contribution in [3.05, 3.63) is 97.5 Å². The molecule has 0 fully saturated rings. The number of benzene rings is 2. The summed E-state index contributed by atoms with van der Waals surface area (Å²) in [6.45, 7) is -0.0932. The number of nitrogens with zero attached hydrogens (tertiary/aromatic N) is 2. The first-order valence-corrected chi connectivity index (χ1v) is 11.6. The number of ether oxygens (including phenoxy) is 1. The van der Waals surface area contributed by atoms with Crippen LogP contribution in [0.3, 0.4) is 0 Å². The Morgan fingerprint density at radius 2 is 1.88 bits per heavy atom. The van der Waals surface area contributed by atoms with Crippen molar-refractivity contribution in [3.8, 4) is 5.75 Å². The fourth-order valence-corrected chi connectivity index (χ4v) is 5.36. The van der Waals surface area contributed by atoms with Crippen molar-refractivity contribution in [3.63, 3.8) is 0 Å². The molecule has 4 aromatic rings. The van der Waals surface area contributed by atoms with Crippen molar-refractivity contribution in [2.45, 2.75) is 32.0 Å². The van der Waals surface area contributed by atoms with Gasteiger partial charge in [0, 0.05) is 5.56 Å². The van der Waals surface area contributed by atoms with Gasteiger partial charge in [0.05, 0.1) is 25.2 Å². The molecule has 1 aliphatic carbocycles. The number of methoxy groups -OCH3 is 1. The molecule has 0 unspecified atom stereocenters. The topological polar surface area (TPSA) is 82.3 Å². The smallest absolute Gasteiger partial charge is 0.332 e. The number of amides is 1. The molecule has 168 valence electrons. The average Bonchev–Trinajstić information content (AvgIpc) is 3.48. The van der Waals surface area contributed by atoms with Gasteiger partial charge in [-0.05, 0) is 41.5 Å². The maximum atomic E-state index is 13.4. The summed E-state index contributed by atoms with van der Waals surface area (Å²) in [5, 5.41) is 4.83. The van der Waals surface area contributed by atoms with Gasteiger partial charge in [-0.1, -0.05) is 42.5 Å². The first-order valence-electron chi connectivity index (χ1n) is 10.8. The molecule has 1 aliphatic rings. The van der Waals surface area contributed by atoms with Gasteiger partial charge in [0.2, 0.25) is 5.91 Å². The second-order valence-electron chi connectivity index (χ2n) is 8.06. The fourth-order valence-electron chi connectivity index (χ4n) is 4.52. The van der Waals surface area contributed by atoms with E-state index >= 15 is 0 Å². The number of rotatable bonds is 6. The lowest BCUT2D eigenvalue weighted by molar-refractivity contribution is -0.122. The standard InChI is InChI=1S/C25H23N3O4S/c1-32-21-9-5-3-7-17(21)14-28-24(30)23-20(12-13-33-23)27(25(28)31)15-22(29)26-19-11-10-16-6-2-4-8-18(16)19/h2-9,12-13,19H,10-11,14-15H2,1H3,(H,26,29)/t19-/m1/s1. The number of hydrogen-bond donors (Lipinski definition) is 1. The summed E-state index contributed by atoms with van der Waals surface area (Å²) in [7, 11) is 1.55. The van der Waals surface area contributed by atoms with Gasteiger partial charge in [-0.25, -0.2) is 4.79 Å². The molecule has 8 heteroatoms. The Hall–Kier alpha value is -3.65. The molecule has 0 saturated carbocycles. The second kappa shape index (κ2) is 8.71. The zero-order valence-electron chi connectivity index (χ0n) is 18.1. The lowest BCUT2D eigenvalue weighted by Crippen LogP contribution is -2.42. The van der Waals surface area contributed by atoms with E-state index in [2.05, 4.69) is 11.4 Å². The van der Waals surface area contributed by atoms with Crippen LogP contribution in [-0.2, 0) is 24.3 Å².